The van der Waals surface area contributed by atoms with E-state index < -0.39 is 6.09 Å². The Kier molecular flexibility index (Phi) is 5.49. The SMILES string of the molecule is CC(C)C(=O)N1CC2(CC(Cc3ccc(NC(=O)OCc4cnco4)cc3F)C2)C1. The maximum Gasteiger partial charge on any atom is 0.412 e. The van der Waals surface area contributed by atoms with Gasteiger partial charge in [-0.25, -0.2) is 14.2 Å². The van der Waals surface area contributed by atoms with Crippen molar-refractivity contribution < 1.29 is 23.1 Å². The number of nitrogens with one attached hydrogen (secondary N) is 1. The van der Waals surface area contributed by atoms with Crippen molar-refractivity contribution in [1.29, 1.82) is 0 Å². The van der Waals surface area contributed by atoms with Gasteiger partial charge in [-0.1, -0.05) is 19.9 Å². The lowest BCUT2D eigenvalue weighted by Crippen LogP contribution is -2.64. The summed E-state index contributed by atoms with van der Waals surface area (Å²) in [6.07, 6.45) is 4.74. The van der Waals surface area contributed by atoms with E-state index in [1.807, 2.05) is 18.7 Å². The second-order valence-electron chi connectivity index (χ2n) is 8.80. The van der Waals surface area contributed by atoms with Gasteiger partial charge in [0.1, 0.15) is 5.82 Å². The van der Waals surface area contributed by atoms with Crippen LogP contribution in [0.3, 0.4) is 0 Å². The Morgan fingerprint density at radius 1 is 1.37 bits per heavy atom. The van der Waals surface area contributed by atoms with E-state index in [4.69, 9.17) is 9.15 Å². The van der Waals surface area contributed by atoms with Crippen molar-refractivity contribution in [2.75, 3.05) is 18.4 Å². The number of nitrogens with zero attached hydrogens (tertiary/aromatic N) is 2. The van der Waals surface area contributed by atoms with E-state index >= 15 is 0 Å². The number of likely N-dealkylation sites (tertiary alicyclic amines) is 1. The molecule has 0 atom stereocenters. The number of hydrogen-bond acceptors (Lipinski definition) is 5. The van der Waals surface area contributed by atoms with Gasteiger partial charge in [-0.3, -0.25) is 10.1 Å². The minimum Gasteiger partial charge on any atom is -0.445 e. The quantitative estimate of drug-likeness (QED) is 0.771. The number of anilines is 1. The van der Waals surface area contributed by atoms with Crippen LogP contribution < -0.4 is 5.32 Å². The fraction of sp³-hybridized carbons (Fsp3) is 0.500. The molecule has 4 rings (SSSR count). The maximum atomic E-state index is 14.5. The van der Waals surface area contributed by atoms with E-state index in [0.29, 0.717) is 29.3 Å². The molecule has 8 heteroatoms. The number of halogens is 1. The minimum atomic E-state index is -0.690. The standard InChI is InChI=1S/C22H26FN3O4/c1-14(2)20(27)26-11-22(12-26)7-15(8-22)5-16-3-4-17(6-19(16)23)25-21(28)29-10-18-9-24-13-30-18/h3-4,6,9,13-15H,5,7-8,10-12H2,1-2H3,(H,25,28). The summed E-state index contributed by atoms with van der Waals surface area (Å²) >= 11 is 0. The van der Waals surface area contributed by atoms with Gasteiger partial charge in [0, 0.05) is 30.1 Å². The normalized spacial score (nSPS) is 17.5. The molecule has 1 N–H and O–H groups in total. The molecule has 1 aromatic heterocycles. The average Bonchev–Trinajstić information content (AvgIpc) is 3.15. The highest BCUT2D eigenvalue weighted by Gasteiger charge is 2.53. The van der Waals surface area contributed by atoms with Crippen LogP contribution in [0.2, 0.25) is 0 Å². The summed E-state index contributed by atoms with van der Waals surface area (Å²) < 4.78 is 24.5. The number of ether oxygens (including phenoxy) is 1. The van der Waals surface area contributed by atoms with Gasteiger partial charge in [0.05, 0.1) is 6.20 Å². The molecule has 1 saturated heterocycles. The molecule has 30 heavy (non-hydrogen) atoms. The molecule has 160 valence electrons. The van der Waals surface area contributed by atoms with Gasteiger partial charge < -0.3 is 14.1 Å². The fourth-order valence-electron chi connectivity index (χ4n) is 4.56. The Balaban J connectivity index is 1.23. The number of carbonyl (C=O) groups is 2. The summed E-state index contributed by atoms with van der Waals surface area (Å²) in [6, 6.07) is 4.70. The first-order chi connectivity index (χ1) is 14.3. The van der Waals surface area contributed by atoms with Gasteiger partial charge in [-0.15, -0.1) is 0 Å². The van der Waals surface area contributed by atoms with Gasteiger partial charge in [-0.05, 0) is 42.9 Å². The fourth-order valence-corrected chi connectivity index (χ4v) is 4.56. The number of oxazole rings is 1. The monoisotopic (exact) mass is 415 g/mol. The Morgan fingerprint density at radius 3 is 2.77 bits per heavy atom. The summed E-state index contributed by atoms with van der Waals surface area (Å²) in [4.78, 5) is 29.5. The molecule has 2 aliphatic rings. The highest BCUT2D eigenvalue weighted by atomic mass is 19.1. The summed E-state index contributed by atoms with van der Waals surface area (Å²) in [6.45, 7) is 5.48. The number of carbonyl (C=O) groups excluding carboxylic acids is 2. The van der Waals surface area contributed by atoms with E-state index in [2.05, 4.69) is 10.3 Å². The highest BCUT2D eigenvalue weighted by Crippen LogP contribution is 2.53. The predicted octanol–water partition coefficient (Wildman–Crippen LogP) is 4.00. The van der Waals surface area contributed by atoms with Crippen molar-refractivity contribution in [1.82, 2.24) is 9.88 Å². The van der Waals surface area contributed by atoms with Gasteiger partial charge in [0.15, 0.2) is 18.8 Å². The van der Waals surface area contributed by atoms with Crippen LogP contribution in [0.1, 0.15) is 38.0 Å². The number of hydrogen-bond donors (Lipinski definition) is 1. The molecule has 0 unspecified atom stereocenters. The Labute approximate surface area is 174 Å². The summed E-state index contributed by atoms with van der Waals surface area (Å²) in [5, 5.41) is 2.51. The third-order valence-electron chi connectivity index (χ3n) is 5.94. The Bertz CT molecular complexity index is 914. The topological polar surface area (TPSA) is 84.7 Å². The maximum absolute atomic E-state index is 14.5. The first-order valence-corrected chi connectivity index (χ1v) is 10.2. The smallest absolute Gasteiger partial charge is 0.412 e. The molecule has 2 heterocycles. The van der Waals surface area contributed by atoms with Gasteiger partial charge in [0.2, 0.25) is 5.91 Å². The molecular weight excluding hydrogens is 389 g/mol. The Morgan fingerprint density at radius 2 is 2.13 bits per heavy atom. The van der Waals surface area contributed by atoms with Crippen LogP contribution in [0.5, 0.6) is 0 Å². The molecule has 2 aromatic rings. The number of benzene rings is 1. The van der Waals surface area contributed by atoms with Crippen molar-refractivity contribution in [2.24, 2.45) is 17.3 Å². The molecule has 2 fully saturated rings. The van der Waals surface area contributed by atoms with Gasteiger partial charge >= 0.3 is 6.09 Å². The molecule has 1 aliphatic heterocycles. The van der Waals surface area contributed by atoms with Crippen LogP contribution in [0, 0.1) is 23.1 Å². The zero-order valence-corrected chi connectivity index (χ0v) is 17.2. The first-order valence-electron chi connectivity index (χ1n) is 10.2. The second kappa shape index (κ2) is 8.08. The van der Waals surface area contributed by atoms with Crippen LogP contribution in [0.25, 0.3) is 0 Å². The first kappa shape index (κ1) is 20.4. The third-order valence-corrected chi connectivity index (χ3v) is 5.94. The van der Waals surface area contributed by atoms with Crippen LogP contribution in [0.4, 0.5) is 14.9 Å². The van der Waals surface area contributed by atoms with Crippen molar-refractivity contribution in [2.45, 2.75) is 39.7 Å². The van der Waals surface area contributed by atoms with Crippen LogP contribution in [0.15, 0.2) is 35.2 Å². The molecule has 1 aromatic carbocycles. The lowest BCUT2D eigenvalue weighted by atomic mass is 9.56. The molecule has 0 radical (unpaired) electrons. The number of rotatable bonds is 6. The van der Waals surface area contributed by atoms with Crippen molar-refractivity contribution in [3.63, 3.8) is 0 Å². The predicted molar refractivity (Wildman–Crippen MR) is 107 cm³/mol. The van der Waals surface area contributed by atoms with E-state index in [9.17, 15) is 14.0 Å². The van der Waals surface area contributed by atoms with Crippen molar-refractivity contribution in [3.05, 3.63) is 47.9 Å². The zero-order valence-electron chi connectivity index (χ0n) is 17.2. The van der Waals surface area contributed by atoms with E-state index in [0.717, 1.165) is 25.9 Å². The lowest BCUT2D eigenvalue weighted by molar-refractivity contribution is -0.158. The molecule has 1 saturated carbocycles. The third kappa shape index (κ3) is 4.32. The average molecular weight is 415 g/mol. The number of amides is 2. The molecule has 1 aliphatic carbocycles. The zero-order chi connectivity index (χ0) is 21.3. The van der Waals surface area contributed by atoms with Gasteiger partial charge in [0.25, 0.3) is 0 Å². The van der Waals surface area contributed by atoms with Crippen molar-refractivity contribution >= 4 is 17.7 Å². The van der Waals surface area contributed by atoms with Crippen LogP contribution >= 0.6 is 0 Å². The van der Waals surface area contributed by atoms with E-state index in [-0.39, 0.29) is 29.7 Å². The molecule has 7 nitrogen and oxygen atoms in total. The molecular formula is C22H26FN3O4. The molecule has 2 amide bonds. The summed E-state index contributed by atoms with van der Waals surface area (Å²) in [5.41, 5.74) is 1.23. The van der Waals surface area contributed by atoms with Crippen LogP contribution in [-0.2, 0) is 22.6 Å². The summed E-state index contributed by atoms with van der Waals surface area (Å²) in [5.74, 6) is 0.778. The second-order valence-corrected chi connectivity index (χ2v) is 8.80. The van der Waals surface area contributed by atoms with Crippen LogP contribution in [-0.4, -0.2) is 35.0 Å². The lowest BCUT2D eigenvalue weighted by Gasteiger charge is -2.59. The van der Waals surface area contributed by atoms with E-state index in [1.54, 1.807) is 12.1 Å². The van der Waals surface area contributed by atoms with Gasteiger partial charge in [-0.2, -0.15) is 0 Å². The van der Waals surface area contributed by atoms with E-state index in [1.165, 1.54) is 18.7 Å². The largest absolute Gasteiger partial charge is 0.445 e. The highest BCUT2D eigenvalue weighted by molar-refractivity contribution is 5.84. The minimum absolute atomic E-state index is 0.0406. The molecule has 0 bridgehead atoms. The number of aromatic nitrogens is 1. The molecule has 1 spiro atoms. The summed E-state index contributed by atoms with van der Waals surface area (Å²) in [7, 11) is 0. The Hall–Kier alpha value is -2.90. The van der Waals surface area contributed by atoms with Crippen molar-refractivity contribution in [3.8, 4) is 0 Å².